The lowest BCUT2D eigenvalue weighted by Crippen LogP contribution is -2.33. The summed E-state index contributed by atoms with van der Waals surface area (Å²) in [6.45, 7) is 3.83. The first-order valence-electron chi connectivity index (χ1n) is 6.16. The average molecular weight is 311 g/mol. The molecule has 0 radical (unpaired) electrons. The summed E-state index contributed by atoms with van der Waals surface area (Å²) in [7, 11) is 0. The van der Waals surface area contributed by atoms with E-state index in [2.05, 4.69) is 4.90 Å². The molecule has 0 atom stereocenters. The summed E-state index contributed by atoms with van der Waals surface area (Å²) in [5.41, 5.74) is 6.03. The maximum Gasteiger partial charge on any atom is 0.142 e. The number of benzene rings is 1. The summed E-state index contributed by atoms with van der Waals surface area (Å²) in [4.78, 5) is 2.39. The van der Waals surface area contributed by atoms with E-state index in [4.69, 9.17) is 10.5 Å². The summed E-state index contributed by atoms with van der Waals surface area (Å²) in [5.74, 6) is 0.245. The van der Waals surface area contributed by atoms with Crippen LogP contribution in [-0.4, -0.2) is 31.1 Å². The summed E-state index contributed by atoms with van der Waals surface area (Å²) >= 11 is 0. The highest BCUT2D eigenvalue weighted by atomic mass is 35.5. The highest BCUT2D eigenvalue weighted by Crippen LogP contribution is 2.21. The van der Waals surface area contributed by atoms with Crippen molar-refractivity contribution >= 4 is 30.5 Å². The molecule has 1 aromatic rings. The lowest BCUT2D eigenvalue weighted by molar-refractivity contribution is 0.184. The minimum Gasteiger partial charge on any atom is -0.490 e. The zero-order chi connectivity index (χ0) is 12.1. The van der Waals surface area contributed by atoms with Gasteiger partial charge in [0.2, 0.25) is 0 Å². The van der Waals surface area contributed by atoms with Crippen LogP contribution in [0.25, 0.3) is 0 Å². The van der Waals surface area contributed by atoms with E-state index >= 15 is 0 Å². The second-order valence-electron chi connectivity index (χ2n) is 4.43. The molecule has 2 rings (SSSR count). The van der Waals surface area contributed by atoms with E-state index in [9.17, 15) is 4.39 Å². The van der Waals surface area contributed by atoms with E-state index in [1.54, 1.807) is 6.07 Å². The van der Waals surface area contributed by atoms with Crippen LogP contribution in [0.3, 0.4) is 0 Å². The van der Waals surface area contributed by atoms with E-state index < -0.39 is 0 Å². The van der Waals surface area contributed by atoms with E-state index in [1.807, 2.05) is 0 Å². The van der Waals surface area contributed by atoms with Gasteiger partial charge in [-0.3, -0.25) is 4.90 Å². The zero-order valence-electron chi connectivity index (χ0n) is 10.8. The molecular weight excluding hydrogens is 290 g/mol. The van der Waals surface area contributed by atoms with Gasteiger partial charge < -0.3 is 10.5 Å². The second-order valence-corrected chi connectivity index (χ2v) is 4.43. The van der Waals surface area contributed by atoms with Crippen molar-refractivity contribution in [3.05, 3.63) is 24.0 Å². The Morgan fingerprint density at radius 2 is 1.84 bits per heavy atom. The van der Waals surface area contributed by atoms with Crippen LogP contribution < -0.4 is 10.5 Å². The molecule has 0 unspecified atom stereocenters. The van der Waals surface area contributed by atoms with Gasteiger partial charge in [0.15, 0.2) is 0 Å². The normalized spacial score (nSPS) is 15.2. The number of ether oxygens (including phenoxy) is 1. The molecule has 1 aliphatic rings. The fourth-order valence-electron chi connectivity index (χ4n) is 2.12. The van der Waals surface area contributed by atoms with Gasteiger partial charge in [0, 0.05) is 12.6 Å². The van der Waals surface area contributed by atoms with Crippen LogP contribution in [0.1, 0.15) is 19.3 Å². The first-order chi connectivity index (χ1) is 8.25. The lowest BCUT2D eigenvalue weighted by Gasteiger charge is -2.26. The highest BCUT2D eigenvalue weighted by molar-refractivity contribution is 5.85. The van der Waals surface area contributed by atoms with Crippen molar-refractivity contribution in [2.24, 2.45) is 0 Å². The fourth-order valence-corrected chi connectivity index (χ4v) is 2.12. The maximum atomic E-state index is 12.8. The number of nitrogens with two attached hydrogens (primary N) is 1. The monoisotopic (exact) mass is 310 g/mol. The third kappa shape index (κ3) is 5.85. The van der Waals surface area contributed by atoms with Gasteiger partial charge in [-0.05, 0) is 38.1 Å². The van der Waals surface area contributed by atoms with Crippen LogP contribution in [-0.2, 0) is 0 Å². The van der Waals surface area contributed by atoms with Crippen molar-refractivity contribution in [2.75, 3.05) is 32.0 Å². The number of likely N-dealkylation sites (tertiary alicyclic amines) is 1. The standard InChI is InChI=1S/C13H19FN2O.2ClH/c14-11-4-5-13(12(15)10-11)17-9-8-16-6-2-1-3-7-16;;/h4-5,10H,1-3,6-9,15H2;2*1H. The Kier molecular flexibility index (Phi) is 8.89. The van der Waals surface area contributed by atoms with Crippen molar-refractivity contribution in [1.29, 1.82) is 0 Å². The number of anilines is 1. The summed E-state index contributed by atoms with van der Waals surface area (Å²) < 4.78 is 18.4. The van der Waals surface area contributed by atoms with Crippen molar-refractivity contribution in [2.45, 2.75) is 19.3 Å². The van der Waals surface area contributed by atoms with Crippen LogP contribution in [0.5, 0.6) is 5.75 Å². The molecular formula is C13H21Cl2FN2O. The molecule has 1 heterocycles. The summed E-state index contributed by atoms with van der Waals surface area (Å²) in [6.07, 6.45) is 3.89. The maximum absolute atomic E-state index is 12.8. The van der Waals surface area contributed by atoms with Crippen molar-refractivity contribution in [1.82, 2.24) is 4.90 Å². The average Bonchev–Trinajstić information content (AvgIpc) is 2.33. The molecule has 1 aliphatic heterocycles. The molecule has 3 nitrogen and oxygen atoms in total. The first-order valence-corrected chi connectivity index (χ1v) is 6.16. The predicted molar refractivity (Wildman–Crippen MR) is 81.1 cm³/mol. The molecule has 1 fully saturated rings. The molecule has 0 saturated carbocycles. The molecule has 6 heteroatoms. The van der Waals surface area contributed by atoms with Crippen LogP contribution in [0.4, 0.5) is 10.1 Å². The quantitative estimate of drug-likeness (QED) is 0.868. The highest BCUT2D eigenvalue weighted by Gasteiger charge is 2.10. The van der Waals surface area contributed by atoms with Gasteiger partial charge in [0.25, 0.3) is 0 Å². The smallest absolute Gasteiger partial charge is 0.142 e. The number of nitrogen functional groups attached to an aromatic ring is 1. The molecule has 2 N–H and O–H groups in total. The Hall–Kier alpha value is -0.710. The van der Waals surface area contributed by atoms with Crippen LogP contribution in [0.2, 0.25) is 0 Å². The largest absolute Gasteiger partial charge is 0.490 e. The molecule has 110 valence electrons. The molecule has 19 heavy (non-hydrogen) atoms. The molecule has 1 aromatic carbocycles. The summed E-state index contributed by atoms with van der Waals surface area (Å²) in [5, 5.41) is 0. The summed E-state index contributed by atoms with van der Waals surface area (Å²) in [6, 6.07) is 4.24. The number of nitrogens with zero attached hydrogens (tertiary/aromatic N) is 1. The minimum atomic E-state index is -0.328. The molecule has 1 saturated heterocycles. The van der Waals surface area contributed by atoms with Gasteiger partial charge in [-0.25, -0.2) is 4.39 Å². The van der Waals surface area contributed by atoms with Crippen molar-refractivity contribution in [3.8, 4) is 5.75 Å². The van der Waals surface area contributed by atoms with Gasteiger partial charge in [-0.15, -0.1) is 24.8 Å². The molecule has 0 amide bonds. The van der Waals surface area contributed by atoms with Crippen molar-refractivity contribution in [3.63, 3.8) is 0 Å². The second kappa shape index (κ2) is 9.23. The zero-order valence-corrected chi connectivity index (χ0v) is 12.4. The number of hydrogen-bond donors (Lipinski definition) is 1. The van der Waals surface area contributed by atoms with E-state index in [1.165, 1.54) is 31.4 Å². The Bertz CT molecular complexity index is 374. The van der Waals surface area contributed by atoms with E-state index in [0.717, 1.165) is 19.6 Å². The van der Waals surface area contributed by atoms with Crippen LogP contribution >= 0.6 is 24.8 Å². The molecule has 0 bridgehead atoms. The van der Waals surface area contributed by atoms with Gasteiger partial charge in [0.1, 0.15) is 18.2 Å². The van der Waals surface area contributed by atoms with Crippen LogP contribution in [0.15, 0.2) is 18.2 Å². The number of halogens is 3. The Balaban J connectivity index is 0.00000162. The van der Waals surface area contributed by atoms with Crippen LogP contribution in [0, 0.1) is 5.82 Å². The first kappa shape index (κ1) is 18.3. The van der Waals surface area contributed by atoms with E-state index in [0.29, 0.717) is 18.0 Å². The van der Waals surface area contributed by atoms with Gasteiger partial charge in [-0.2, -0.15) is 0 Å². The van der Waals surface area contributed by atoms with Crippen molar-refractivity contribution < 1.29 is 9.13 Å². The van der Waals surface area contributed by atoms with Gasteiger partial charge >= 0.3 is 0 Å². The van der Waals surface area contributed by atoms with E-state index in [-0.39, 0.29) is 30.6 Å². The number of piperidine rings is 1. The Labute approximate surface area is 126 Å². The molecule has 0 aliphatic carbocycles. The molecule has 0 aromatic heterocycles. The topological polar surface area (TPSA) is 38.5 Å². The minimum absolute atomic E-state index is 0. The lowest BCUT2D eigenvalue weighted by atomic mass is 10.1. The third-order valence-electron chi connectivity index (χ3n) is 3.09. The SMILES string of the molecule is Cl.Cl.Nc1cc(F)ccc1OCCN1CCCCC1. The Morgan fingerprint density at radius 3 is 2.47 bits per heavy atom. The predicted octanol–water partition coefficient (Wildman–Crippen LogP) is 3.12. The van der Waals surface area contributed by atoms with Gasteiger partial charge in [-0.1, -0.05) is 6.42 Å². The third-order valence-corrected chi connectivity index (χ3v) is 3.09. The van der Waals surface area contributed by atoms with Gasteiger partial charge in [0.05, 0.1) is 5.69 Å². The number of hydrogen-bond acceptors (Lipinski definition) is 3. The number of rotatable bonds is 4. The fraction of sp³-hybridized carbons (Fsp3) is 0.538. The Morgan fingerprint density at radius 1 is 1.16 bits per heavy atom. The molecule has 0 spiro atoms.